The van der Waals surface area contributed by atoms with Crippen molar-refractivity contribution in [1.82, 2.24) is 9.80 Å². The maximum atomic E-state index is 11.9. The van der Waals surface area contributed by atoms with Crippen LogP contribution in [-0.2, 0) is 19.0 Å². The summed E-state index contributed by atoms with van der Waals surface area (Å²) in [4.78, 5) is 16.8. The number of halogens is 1. The van der Waals surface area contributed by atoms with Crippen molar-refractivity contribution < 1.29 is 19.0 Å². The monoisotopic (exact) mass is 390 g/mol. The van der Waals surface area contributed by atoms with E-state index < -0.39 is 0 Å². The average molecular weight is 391 g/mol. The number of ether oxygens (including phenoxy) is 3. The molecule has 3 rings (SSSR count). The first-order chi connectivity index (χ1) is 12.2. The van der Waals surface area contributed by atoms with E-state index in [1.807, 2.05) is 6.92 Å². The number of likely N-dealkylation sites (tertiary alicyclic amines) is 2. The van der Waals surface area contributed by atoms with Crippen molar-refractivity contribution in [3.63, 3.8) is 0 Å². The number of hydrogen-bond donors (Lipinski definition) is 0. The predicted molar refractivity (Wildman–Crippen MR) is 103 cm³/mol. The fourth-order valence-corrected chi connectivity index (χ4v) is 4.23. The molecule has 0 bridgehead atoms. The van der Waals surface area contributed by atoms with Crippen molar-refractivity contribution in [3.05, 3.63) is 0 Å². The fourth-order valence-electron chi connectivity index (χ4n) is 4.23. The topological polar surface area (TPSA) is 51.2 Å². The Labute approximate surface area is 163 Å². The van der Waals surface area contributed by atoms with Crippen molar-refractivity contribution in [3.8, 4) is 0 Å². The van der Waals surface area contributed by atoms with Crippen LogP contribution in [0.3, 0.4) is 0 Å². The number of methoxy groups -OCH3 is 1. The van der Waals surface area contributed by atoms with E-state index in [0.29, 0.717) is 12.7 Å². The van der Waals surface area contributed by atoms with E-state index in [9.17, 15) is 4.79 Å². The SMILES string of the molecule is CCOC(=O)C1CCC(OC(CN2CC(OC)C2)N2CCCC2)CC1.Cl. The molecule has 0 radical (unpaired) electrons. The summed E-state index contributed by atoms with van der Waals surface area (Å²) in [5.41, 5.74) is 0. The van der Waals surface area contributed by atoms with Crippen molar-refractivity contribution in [2.75, 3.05) is 46.4 Å². The van der Waals surface area contributed by atoms with Gasteiger partial charge in [-0.05, 0) is 45.4 Å². The van der Waals surface area contributed by atoms with Gasteiger partial charge in [0, 0.05) is 39.8 Å². The van der Waals surface area contributed by atoms with Crippen LogP contribution in [0, 0.1) is 5.92 Å². The van der Waals surface area contributed by atoms with Crippen LogP contribution >= 0.6 is 12.4 Å². The predicted octanol–water partition coefficient (Wildman–Crippen LogP) is 2.30. The molecule has 7 heteroatoms. The van der Waals surface area contributed by atoms with E-state index in [-0.39, 0.29) is 36.6 Å². The van der Waals surface area contributed by atoms with Crippen molar-refractivity contribution in [1.29, 1.82) is 0 Å². The van der Waals surface area contributed by atoms with Gasteiger partial charge in [-0.25, -0.2) is 0 Å². The molecular weight excluding hydrogens is 356 g/mol. The number of rotatable bonds is 8. The Bertz CT molecular complexity index is 420. The Morgan fingerprint density at radius 2 is 1.73 bits per heavy atom. The molecule has 26 heavy (non-hydrogen) atoms. The highest BCUT2D eigenvalue weighted by atomic mass is 35.5. The van der Waals surface area contributed by atoms with E-state index in [1.54, 1.807) is 7.11 Å². The summed E-state index contributed by atoms with van der Waals surface area (Å²) in [6, 6.07) is 0. The summed E-state index contributed by atoms with van der Waals surface area (Å²) < 4.78 is 17.1. The zero-order valence-corrected chi connectivity index (χ0v) is 17.0. The Morgan fingerprint density at radius 1 is 1.08 bits per heavy atom. The summed E-state index contributed by atoms with van der Waals surface area (Å²) in [5, 5.41) is 0. The molecule has 1 aliphatic carbocycles. The molecule has 3 aliphatic rings. The lowest BCUT2D eigenvalue weighted by Crippen LogP contribution is -2.57. The third-order valence-corrected chi connectivity index (χ3v) is 5.86. The number of nitrogens with zero attached hydrogens (tertiary/aromatic N) is 2. The zero-order valence-electron chi connectivity index (χ0n) is 16.2. The smallest absolute Gasteiger partial charge is 0.308 e. The third-order valence-electron chi connectivity index (χ3n) is 5.86. The highest BCUT2D eigenvalue weighted by Gasteiger charge is 2.35. The molecule has 2 heterocycles. The van der Waals surface area contributed by atoms with Crippen LogP contribution in [-0.4, -0.2) is 80.6 Å². The molecule has 2 saturated heterocycles. The standard InChI is InChI=1S/C19H34N2O4.ClH/c1-3-24-19(22)15-6-8-16(9-7-15)25-18(21-10-4-5-11-21)14-20-12-17(13-20)23-2;/h15-18H,3-14H2,1-2H3;1H. The lowest BCUT2D eigenvalue weighted by molar-refractivity contribution is -0.154. The largest absolute Gasteiger partial charge is 0.466 e. The molecule has 1 unspecified atom stereocenters. The molecule has 0 aromatic rings. The minimum Gasteiger partial charge on any atom is -0.466 e. The molecule has 0 spiro atoms. The van der Waals surface area contributed by atoms with Gasteiger partial charge < -0.3 is 14.2 Å². The maximum Gasteiger partial charge on any atom is 0.308 e. The second-order valence-electron chi connectivity index (χ2n) is 7.64. The summed E-state index contributed by atoms with van der Waals surface area (Å²) >= 11 is 0. The Hall–Kier alpha value is -0.400. The molecule has 0 aromatic heterocycles. The molecule has 1 saturated carbocycles. The van der Waals surface area contributed by atoms with Gasteiger partial charge >= 0.3 is 5.97 Å². The number of esters is 1. The van der Waals surface area contributed by atoms with Crippen LogP contribution in [0.5, 0.6) is 0 Å². The van der Waals surface area contributed by atoms with Gasteiger partial charge in [0.25, 0.3) is 0 Å². The van der Waals surface area contributed by atoms with Crippen LogP contribution in [0.4, 0.5) is 0 Å². The van der Waals surface area contributed by atoms with Crippen molar-refractivity contribution in [2.45, 2.75) is 63.9 Å². The summed E-state index contributed by atoms with van der Waals surface area (Å²) in [5.74, 6) is 0.0473. The Kier molecular flexibility index (Phi) is 9.10. The third kappa shape index (κ3) is 5.80. The first kappa shape index (κ1) is 21.9. The van der Waals surface area contributed by atoms with Gasteiger partial charge in [0.2, 0.25) is 0 Å². The van der Waals surface area contributed by atoms with Crippen LogP contribution < -0.4 is 0 Å². The van der Waals surface area contributed by atoms with E-state index in [4.69, 9.17) is 14.2 Å². The van der Waals surface area contributed by atoms with Crippen molar-refractivity contribution in [2.24, 2.45) is 5.92 Å². The second-order valence-corrected chi connectivity index (χ2v) is 7.64. The molecule has 1 atom stereocenters. The summed E-state index contributed by atoms with van der Waals surface area (Å²) in [6.07, 6.45) is 7.12. The minimum atomic E-state index is -0.0248. The molecule has 0 N–H and O–H groups in total. The van der Waals surface area contributed by atoms with Gasteiger partial charge in [0.15, 0.2) is 0 Å². The van der Waals surface area contributed by atoms with Crippen LogP contribution in [0.1, 0.15) is 45.4 Å². The second kappa shape index (κ2) is 10.8. The molecule has 2 aliphatic heterocycles. The van der Waals surface area contributed by atoms with E-state index in [2.05, 4.69) is 9.80 Å². The first-order valence-corrected chi connectivity index (χ1v) is 10.0. The molecule has 152 valence electrons. The molecular formula is C19H35ClN2O4. The molecule has 3 fully saturated rings. The summed E-state index contributed by atoms with van der Waals surface area (Å²) in [6.45, 7) is 7.63. The Balaban J connectivity index is 0.00000243. The maximum absolute atomic E-state index is 11.9. The van der Waals surface area contributed by atoms with Gasteiger partial charge in [-0.2, -0.15) is 0 Å². The summed E-state index contributed by atoms with van der Waals surface area (Å²) in [7, 11) is 1.79. The highest BCUT2D eigenvalue weighted by molar-refractivity contribution is 5.85. The minimum absolute atomic E-state index is 0. The van der Waals surface area contributed by atoms with E-state index in [1.165, 1.54) is 12.8 Å². The molecule has 0 amide bonds. The number of hydrogen-bond acceptors (Lipinski definition) is 6. The normalized spacial score (nSPS) is 29.0. The Morgan fingerprint density at radius 3 is 2.31 bits per heavy atom. The zero-order chi connectivity index (χ0) is 17.6. The van der Waals surface area contributed by atoms with E-state index >= 15 is 0 Å². The van der Waals surface area contributed by atoms with Crippen molar-refractivity contribution >= 4 is 18.4 Å². The van der Waals surface area contributed by atoms with E-state index in [0.717, 1.165) is 58.4 Å². The van der Waals surface area contributed by atoms with Crippen LogP contribution in [0.25, 0.3) is 0 Å². The van der Waals surface area contributed by atoms with Gasteiger partial charge in [-0.1, -0.05) is 0 Å². The number of carbonyl (C=O) groups is 1. The molecule has 6 nitrogen and oxygen atoms in total. The lowest BCUT2D eigenvalue weighted by Gasteiger charge is -2.43. The lowest BCUT2D eigenvalue weighted by atomic mass is 9.87. The van der Waals surface area contributed by atoms with Gasteiger partial charge in [-0.15, -0.1) is 12.4 Å². The van der Waals surface area contributed by atoms with Crippen LogP contribution in [0.15, 0.2) is 0 Å². The van der Waals surface area contributed by atoms with Crippen LogP contribution in [0.2, 0.25) is 0 Å². The highest BCUT2D eigenvalue weighted by Crippen LogP contribution is 2.29. The first-order valence-electron chi connectivity index (χ1n) is 10.0. The van der Waals surface area contributed by atoms with Gasteiger partial charge in [0.05, 0.1) is 24.7 Å². The number of carbonyl (C=O) groups excluding carboxylic acids is 1. The van der Waals surface area contributed by atoms with Gasteiger partial charge in [0.1, 0.15) is 6.23 Å². The fraction of sp³-hybridized carbons (Fsp3) is 0.947. The quantitative estimate of drug-likeness (QED) is 0.593. The molecule has 0 aromatic carbocycles. The van der Waals surface area contributed by atoms with Gasteiger partial charge in [-0.3, -0.25) is 14.6 Å². The average Bonchev–Trinajstić information content (AvgIpc) is 3.12.